The van der Waals surface area contributed by atoms with Crippen molar-refractivity contribution < 1.29 is 33.4 Å². The van der Waals surface area contributed by atoms with Crippen LogP contribution in [0.15, 0.2) is 12.1 Å². The predicted molar refractivity (Wildman–Crippen MR) is 57.0 cm³/mol. The molecule has 2 N–H and O–H groups in total. The van der Waals surface area contributed by atoms with E-state index in [1.807, 2.05) is 0 Å². The molecule has 0 bridgehead atoms. The van der Waals surface area contributed by atoms with Crippen LogP contribution in [0.25, 0.3) is 0 Å². The van der Waals surface area contributed by atoms with Crippen molar-refractivity contribution in [3.8, 4) is 11.8 Å². The molecule has 10 heteroatoms. The van der Waals surface area contributed by atoms with Gasteiger partial charge in [0.05, 0.1) is 4.92 Å². The molecule has 0 aliphatic heterocycles. The average Bonchev–Trinajstić information content (AvgIpc) is 2.35. The number of benzene rings is 1. The fourth-order valence-corrected chi connectivity index (χ4v) is 1.44. The number of aliphatic hydroxyl groups excluding tert-OH is 1. The molecule has 0 spiro atoms. The minimum Gasteiger partial charge on any atom is -0.479 e. The van der Waals surface area contributed by atoms with Gasteiger partial charge in [0.25, 0.3) is 0 Å². The molecule has 0 radical (unpaired) electrons. The maximum absolute atomic E-state index is 12.1. The summed E-state index contributed by atoms with van der Waals surface area (Å²) < 4.78 is 28.1. The summed E-state index contributed by atoms with van der Waals surface area (Å²) in [5, 5.41) is 37.6. The minimum absolute atomic E-state index is 0.590. The summed E-state index contributed by atoms with van der Waals surface area (Å²) in [6, 6.07) is 2.79. The molecule has 1 aromatic rings. The van der Waals surface area contributed by atoms with Gasteiger partial charge in [0, 0.05) is 5.56 Å². The lowest BCUT2D eigenvalue weighted by atomic mass is 10.0. The van der Waals surface area contributed by atoms with Gasteiger partial charge in [-0.3, -0.25) is 10.1 Å². The molecule has 0 aliphatic carbocycles. The van der Waals surface area contributed by atoms with Crippen molar-refractivity contribution in [3.05, 3.63) is 33.4 Å². The maximum Gasteiger partial charge on any atom is 0.387 e. The molecular weight excluding hydrogens is 282 g/mol. The zero-order valence-corrected chi connectivity index (χ0v) is 9.49. The van der Waals surface area contributed by atoms with Gasteiger partial charge < -0.3 is 14.9 Å². The van der Waals surface area contributed by atoms with E-state index >= 15 is 0 Å². The summed E-state index contributed by atoms with van der Waals surface area (Å²) in [6.45, 7) is -3.37. The number of nitro groups is 1. The lowest BCUT2D eigenvalue weighted by Crippen LogP contribution is -2.14. The van der Waals surface area contributed by atoms with Gasteiger partial charge in [0.1, 0.15) is 11.6 Å². The van der Waals surface area contributed by atoms with Gasteiger partial charge in [-0.2, -0.15) is 14.0 Å². The van der Waals surface area contributed by atoms with E-state index in [2.05, 4.69) is 4.74 Å². The number of aliphatic carboxylic acids is 1. The van der Waals surface area contributed by atoms with Gasteiger partial charge in [-0.25, -0.2) is 4.79 Å². The zero-order chi connectivity index (χ0) is 15.4. The van der Waals surface area contributed by atoms with Gasteiger partial charge in [-0.05, 0) is 6.07 Å². The van der Waals surface area contributed by atoms with Gasteiger partial charge in [-0.15, -0.1) is 0 Å². The highest BCUT2D eigenvalue weighted by Crippen LogP contribution is 2.36. The largest absolute Gasteiger partial charge is 0.479 e. The van der Waals surface area contributed by atoms with Gasteiger partial charge in [-0.1, -0.05) is 6.07 Å². The number of aliphatic hydroxyl groups is 1. The van der Waals surface area contributed by atoms with Crippen LogP contribution in [0.1, 0.15) is 17.2 Å². The lowest BCUT2D eigenvalue weighted by molar-refractivity contribution is -0.386. The summed E-state index contributed by atoms with van der Waals surface area (Å²) in [6.07, 6.45) is -2.20. The Morgan fingerprint density at radius 3 is 2.50 bits per heavy atom. The average molecular weight is 288 g/mol. The van der Waals surface area contributed by atoms with Crippen molar-refractivity contribution in [1.29, 1.82) is 5.26 Å². The van der Waals surface area contributed by atoms with Crippen molar-refractivity contribution in [2.24, 2.45) is 0 Å². The highest BCUT2D eigenvalue weighted by Gasteiger charge is 2.31. The first-order valence-corrected chi connectivity index (χ1v) is 4.86. The van der Waals surface area contributed by atoms with E-state index in [-0.39, 0.29) is 0 Å². The van der Waals surface area contributed by atoms with Crippen molar-refractivity contribution >= 4 is 11.7 Å². The van der Waals surface area contributed by atoms with E-state index in [1.54, 1.807) is 0 Å². The van der Waals surface area contributed by atoms with Crippen molar-refractivity contribution in [3.63, 3.8) is 0 Å². The van der Waals surface area contributed by atoms with Crippen molar-refractivity contribution in [2.75, 3.05) is 0 Å². The molecule has 1 aromatic carbocycles. The van der Waals surface area contributed by atoms with Crippen molar-refractivity contribution in [2.45, 2.75) is 12.7 Å². The Hall–Kier alpha value is -2.80. The van der Waals surface area contributed by atoms with Gasteiger partial charge >= 0.3 is 18.3 Å². The van der Waals surface area contributed by atoms with Crippen LogP contribution in [0.3, 0.4) is 0 Å². The zero-order valence-electron chi connectivity index (χ0n) is 9.49. The third-order valence-electron chi connectivity index (χ3n) is 2.21. The molecular formula is C10H6F2N2O6. The Bertz CT molecular complexity index is 598. The number of alkyl halides is 2. The van der Waals surface area contributed by atoms with Crippen molar-refractivity contribution in [1.82, 2.24) is 0 Å². The molecule has 0 aromatic heterocycles. The van der Waals surface area contributed by atoms with Gasteiger partial charge in [0.15, 0.2) is 6.10 Å². The third-order valence-corrected chi connectivity index (χ3v) is 2.21. The summed E-state index contributed by atoms with van der Waals surface area (Å²) in [7, 11) is 0. The van der Waals surface area contributed by atoms with Crippen LogP contribution in [-0.2, 0) is 4.79 Å². The number of carboxylic acid groups (broad SMARTS) is 1. The topological polar surface area (TPSA) is 134 Å². The molecule has 1 atom stereocenters. The van der Waals surface area contributed by atoms with Crippen LogP contribution < -0.4 is 4.74 Å². The van der Waals surface area contributed by atoms with Crippen LogP contribution in [-0.4, -0.2) is 27.7 Å². The molecule has 0 amide bonds. The molecule has 0 saturated heterocycles. The smallest absolute Gasteiger partial charge is 0.387 e. The summed E-state index contributed by atoms with van der Waals surface area (Å²) in [4.78, 5) is 20.3. The fourth-order valence-electron chi connectivity index (χ4n) is 1.44. The number of ether oxygens (including phenoxy) is 1. The predicted octanol–water partition coefficient (Wildman–Crippen LogP) is 1.19. The molecule has 106 valence electrons. The van der Waals surface area contributed by atoms with E-state index in [1.165, 1.54) is 6.07 Å². The first-order chi connectivity index (χ1) is 9.29. The Morgan fingerprint density at radius 2 is 2.10 bits per heavy atom. The monoisotopic (exact) mass is 288 g/mol. The van der Waals surface area contributed by atoms with E-state index in [9.17, 15) is 28.8 Å². The number of carbonyl (C=O) groups is 1. The molecule has 1 rings (SSSR count). The number of hydrogen-bond donors (Lipinski definition) is 2. The maximum atomic E-state index is 12.1. The van der Waals surface area contributed by atoms with Gasteiger partial charge in [0.2, 0.25) is 5.75 Å². The van der Waals surface area contributed by atoms with E-state index in [0.29, 0.717) is 6.07 Å². The Balaban J connectivity index is 3.54. The quantitative estimate of drug-likeness (QED) is 0.613. The number of halogens is 2. The summed E-state index contributed by atoms with van der Waals surface area (Å²) in [5.41, 5.74) is -2.58. The highest BCUT2D eigenvalue weighted by molar-refractivity contribution is 5.77. The minimum atomic E-state index is -3.37. The summed E-state index contributed by atoms with van der Waals surface area (Å²) >= 11 is 0. The molecule has 20 heavy (non-hydrogen) atoms. The van der Waals surface area contributed by atoms with Crippen LogP contribution in [0, 0.1) is 21.4 Å². The van der Waals surface area contributed by atoms with Crippen LogP contribution >= 0.6 is 0 Å². The molecule has 0 fully saturated rings. The van der Waals surface area contributed by atoms with E-state index in [4.69, 9.17) is 10.4 Å². The second-order valence-electron chi connectivity index (χ2n) is 3.36. The third kappa shape index (κ3) is 2.96. The lowest BCUT2D eigenvalue weighted by Gasteiger charge is -2.11. The normalized spacial score (nSPS) is 11.8. The molecule has 1 unspecified atom stereocenters. The Kier molecular flexibility index (Phi) is 4.50. The number of nitro benzene ring substituents is 1. The standard InChI is InChI=1S/C10H6F2N2O6/c11-10(12)20-6-2-1-4(8(15)9(16)17)5(3-13)7(6)14(18)19/h1-2,8,10,15H,(H,16,17). The molecule has 8 nitrogen and oxygen atoms in total. The fraction of sp³-hybridized carbons (Fsp3) is 0.200. The number of carboxylic acids is 1. The Morgan fingerprint density at radius 1 is 1.50 bits per heavy atom. The van der Waals surface area contributed by atoms with E-state index < -0.39 is 46.2 Å². The number of rotatable bonds is 5. The SMILES string of the molecule is N#Cc1c(C(O)C(=O)O)ccc(OC(F)F)c1[N+](=O)[O-]. The van der Waals surface area contributed by atoms with E-state index in [0.717, 1.165) is 6.07 Å². The molecule has 0 saturated carbocycles. The second kappa shape index (κ2) is 5.89. The number of hydrogen-bond acceptors (Lipinski definition) is 6. The molecule has 0 aliphatic rings. The highest BCUT2D eigenvalue weighted by atomic mass is 19.3. The number of nitriles is 1. The summed E-state index contributed by atoms with van der Waals surface area (Å²) in [5.74, 6) is -2.65. The van der Waals surface area contributed by atoms with Crippen LogP contribution in [0.5, 0.6) is 5.75 Å². The Labute approximate surface area is 109 Å². The first kappa shape index (κ1) is 15.3. The molecule has 0 heterocycles. The van der Waals surface area contributed by atoms with Crippen LogP contribution in [0.4, 0.5) is 14.5 Å². The second-order valence-corrected chi connectivity index (χ2v) is 3.36. The van der Waals surface area contributed by atoms with Crippen LogP contribution in [0.2, 0.25) is 0 Å². The number of nitrogens with zero attached hydrogens (tertiary/aromatic N) is 2. The first-order valence-electron chi connectivity index (χ1n) is 4.86.